The lowest BCUT2D eigenvalue weighted by molar-refractivity contribution is 0.336. The summed E-state index contributed by atoms with van der Waals surface area (Å²) < 4.78 is 5.31. The average Bonchev–Trinajstić information content (AvgIpc) is 2.74. The molecule has 1 fully saturated rings. The Balaban J connectivity index is 1.85. The monoisotopic (exact) mass is 275 g/mol. The van der Waals surface area contributed by atoms with Crippen LogP contribution in [0.15, 0.2) is 18.2 Å². The fraction of sp³-hybridized carbons (Fsp3) is 0.667. The van der Waals surface area contributed by atoms with Gasteiger partial charge in [-0.25, -0.2) is 0 Å². The second-order valence-electron chi connectivity index (χ2n) is 6.23. The first-order valence-corrected chi connectivity index (χ1v) is 8.07. The summed E-state index contributed by atoms with van der Waals surface area (Å²) in [6.07, 6.45) is 8.49. The number of benzene rings is 1. The maximum Gasteiger partial charge on any atom is 0.121 e. The van der Waals surface area contributed by atoms with Gasteiger partial charge in [0.25, 0.3) is 0 Å². The average molecular weight is 275 g/mol. The smallest absolute Gasteiger partial charge is 0.121 e. The summed E-state index contributed by atoms with van der Waals surface area (Å²) in [5, 5.41) is 3.72. The van der Waals surface area contributed by atoms with Gasteiger partial charge in [-0.15, -0.1) is 0 Å². The quantitative estimate of drug-likeness (QED) is 0.801. The van der Waals surface area contributed by atoms with Crippen LogP contribution in [0.25, 0.3) is 0 Å². The van der Waals surface area contributed by atoms with Gasteiger partial charge in [-0.3, -0.25) is 0 Å². The zero-order chi connectivity index (χ0) is 14.4. The van der Waals surface area contributed by atoms with Crippen LogP contribution < -0.4 is 10.1 Å². The van der Waals surface area contributed by atoms with Crippen LogP contribution in [0.5, 0.6) is 5.75 Å². The molecule has 2 rings (SSSR count). The van der Waals surface area contributed by atoms with Crippen molar-refractivity contribution in [2.45, 2.75) is 65.0 Å². The Labute approximate surface area is 123 Å². The van der Waals surface area contributed by atoms with Crippen molar-refractivity contribution in [3.63, 3.8) is 0 Å². The third-order valence-electron chi connectivity index (χ3n) is 4.69. The van der Waals surface area contributed by atoms with Crippen LogP contribution in [0.4, 0.5) is 0 Å². The number of rotatable bonds is 5. The Morgan fingerprint density at radius 3 is 2.50 bits per heavy atom. The van der Waals surface area contributed by atoms with E-state index < -0.39 is 0 Å². The van der Waals surface area contributed by atoms with Gasteiger partial charge < -0.3 is 10.1 Å². The van der Waals surface area contributed by atoms with Gasteiger partial charge in [0.2, 0.25) is 0 Å². The molecular weight excluding hydrogens is 246 g/mol. The van der Waals surface area contributed by atoms with Gasteiger partial charge in [0.15, 0.2) is 0 Å². The lowest BCUT2D eigenvalue weighted by Gasteiger charge is -2.24. The van der Waals surface area contributed by atoms with Crippen LogP contribution in [-0.2, 0) is 6.54 Å². The number of hydrogen-bond donors (Lipinski definition) is 1. The lowest BCUT2D eigenvalue weighted by atomic mass is 9.93. The molecule has 2 heteroatoms. The van der Waals surface area contributed by atoms with Crippen LogP contribution in [0.1, 0.15) is 56.6 Å². The normalized spacial score (nSPS) is 18.6. The summed E-state index contributed by atoms with van der Waals surface area (Å²) >= 11 is 0. The molecule has 1 aromatic carbocycles. The van der Waals surface area contributed by atoms with Crippen molar-refractivity contribution in [3.8, 4) is 5.75 Å². The number of methoxy groups -OCH3 is 1. The molecule has 1 N–H and O–H groups in total. The molecule has 0 saturated heterocycles. The van der Waals surface area contributed by atoms with Crippen molar-refractivity contribution >= 4 is 0 Å². The summed E-state index contributed by atoms with van der Waals surface area (Å²) in [7, 11) is 1.73. The fourth-order valence-corrected chi connectivity index (χ4v) is 3.31. The zero-order valence-corrected chi connectivity index (χ0v) is 13.2. The molecule has 0 aliphatic heterocycles. The molecule has 112 valence electrons. The minimum atomic E-state index is 0.621. The van der Waals surface area contributed by atoms with E-state index in [4.69, 9.17) is 4.74 Å². The van der Waals surface area contributed by atoms with Crippen LogP contribution in [0, 0.1) is 12.8 Å². The Morgan fingerprint density at radius 2 is 1.90 bits per heavy atom. The van der Waals surface area contributed by atoms with Crippen LogP contribution in [-0.4, -0.2) is 13.2 Å². The van der Waals surface area contributed by atoms with E-state index >= 15 is 0 Å². The van der Waals surface area contributed by atoms with Gasteiger partial charge in [-0.1, -0.05) is 37.8 Å². The van der Waals surface area contributed by atoms with Crippen LogP contribution in [0.3, 0.4) is 0 Å². The van der Waals surface area contributed by atoms with Gasteiger partial charge in [-0.05, 0) is 49.8 Å². The molecule has 20 heavy (non-hydrogen) atoms. The van der Waals surface area contributed by atoms with E-state index in [1.54, 1.807) is 7.11 Å². The Bertz CT molecular complexity index is 408. The maximum atomic E-state index is 5.31. The summed E-state index contributed by atoms with van der Waals surface area (Å²) in [4.78, 5) is 0. The highest BCUT2D eigenvalue weighted by Gasteiger charge is 2.18. The highest BCUT2D eigenvalue weighted by Crippen LogP contribution is 2.26. The van der Waals surface area contributed by atoms with Crippen molar-refractivity contribution < 1.29 is 4.74 Å². The second-order valence-corrected chi connectivity index (χ2v) is 6.23. The number of ether oxygens (including phenoxy) is 1. The molecule has 0 spiro atoms. The van der Waals surface area contributed by atoms with E-state index in [1.165, 1.54) is 49.7 Å². The SMILES string of the molecule is COc1ccc(CN[C@@H](C)C2CCCCCC2)cc1C. The number of aryl methyl sites for hydroxylation is 1. The molecule has 1 aromatic rings. The molecule has 1 aliphatic rings. The Kier molecular flexibility index (Phi) is 5.90. The summed E-state index contributed by atoms with van der Waals surface area (Å²) in [6.45, 7) is 5.42. The molecule has 0 amide bonds. The predicted octanol–water partition coefficient (Wildman–Crippen LogP) is 4.45. The highest BCUT2D eigenvalue weighted by atomic mass is 16.5. The first-order chi connectivity index (χ1) is 9.70. The van der Waals surface area contributed by atoms with Gasteiger partial charge in [-0.2, -0.15) is 0 Å². The van der Waals surface area contributed by atoms with E-state index in [1.807, 2.05) is 0 Å². The minimum absolute atomic E-state index is 0.621. The predicted molar refractivity (Wildman–Crippen MR) is 85.2 cm³/mol. The molecule has 0 heterocycles. The topological polar surface area (TPSA) is 21.3 Å². The van der Waals surface area contributed by atoms with E-state index in [9.17, 15) is 0 Å². The largest absolute Gasteiger partial charge is 0.496 e. The van der Waals surface area contributed by atoms with Crippen molar-refractivity contribution in [1.82, 2.24) is 5.32 Å². The first kappa shape index (κ1) is 15.4. The van der Waals surface area contributed by atoms with E-state index in [0.717, 1.165) is 18.2 Å². The van der Waals surface area contributed by atoms with E-state index in [0.29, 0.717) is 6.04 Å². The minimum Gasteiger partial charge on any atom is -0.496 e. The summed E-state index contributed by atoms with van der Waals surface area (Å²) in [5.74, 6) is 1.84. The maximum absolute atomic E-state index is 5.31. The van der Waals surface area contributed by atoms with Crippen molar-refractivity contribution in [2.24, 2.45) is 5.92 Å². The molecule has 1 aliphatic carbocycles. The standard InChI is InChI=1S/C18H29NO/c1-14-12-16(10-11-18(14)20-3)13-19-15(2)17-8-6-4-5-7-9-17/h10-12,15,17,19H,4-9,13H2,1-3H3/t15-/m0/s1. The highest BCUT2D eigenvalue weighted by molar-refractivity contribution is 5.36. The molecule has 1 atom stereocenters. The molecule has 0 radical (unpaired) electrons. The van der Waals surface area contributed by atoms with Crippen molar-refractivity contribution in [1.29, 1.82) is 0 Å². The van der Waals surface area contributed by atoms with Crippen LogP contribution in [0.2, 0.25) is 0 Å². The molecular formula is C18H29NO. The molecule has 0 aromatic heterocycles. The van der Waals surface area contributed by atoms with Gasteiger partial charge in [0.05, 0.1) is 7.11 Å². The summed E-state index contributed by atoms with van der Waals surface area (Å²) in [6, 6.07) is 7.09. The fourth-order valence-electron chi connectivity index (χ4n) is 3.31. The summed E-state index contributed by atoms with van der Waals surface area (Å²) in [5.41, 5.74) is 2.57. The Hall–Kier alpha value is -1.02. The third-order valence-corrected chi connectivity index (χ3v) is 4.69. The van der Waals surface area contributed by atoms with Crippen LogP contribution >= 0.6 is 0 Å². The molecule has 0 bridgehead atoms. The van der Waals surface area contributed by atoms with E-state index in [-0.39, 0.29) is 0 Å². The molecule has 2 nitrogen and oxygen atoms in total. The second kappa shape index (κ2) is 7.68. The van der Waals surface area contributed by atoms with Gasteiger partial charge >= 0.3 is 0 Å². The molecule has 1 saturated carbocycles. The first-order valence-electron chi connectivity index (χ1n) is 8.07. The Morgan fingerprint density at radius 1 is 1.20 bits per heavy atom. The van der Waals surface area contributed by atoms with Gasteiger partial charge in [0.1, 0.15) is 5.75 Å². The van der Waals surface area contributed by atoms with Gasteiger partial charge in [0, 0.05) is 12.6 Å². The van der Waals surface area contributed by atoms with E-state index in [2.05, 4.69) is 37.4 Å². The third kappa shape index (κ3) is 4.24. The number of nitrogens with one attached hydrogen (secondary N) is 1. The van der Waals surface area contributed by atoms with Crippen molar-refractivity contribution in [2.75, 3.05) is 7.11 Å². The number of hydrogen-bond acceptors (Lipinski definition) is 2. The van der Waals surface area contributed by atoms with Crippen molar-refractivity contribution in [3.05, 3.63) is 29.3 Å². The molecule has 0 unspecified atom stereocenters. The zero-order valence-electron chi connectivity index (χ0n) is 13.2. The lowest BCUT2D eigenvalue weighted by Crippen LogP contribution is -2.32.